The van der Waals surface area contributed by atoms with Crippen LogP contribution in [0.4, 0.5) is 17.1 Å². The number of anilines is 1. The van der Waals surface area contributed by atoms with E-state index in [-0.39, 0.29) is 108 Å². The van der Waals surface area contributed by atoms with Crippen LogP contribution in [0.2, 0.25) is 0 Å². The van der Waals surface area contributed by atoms with Crippen LogP contribution < -0.4 is 64.4 Å². The normalized spacial score (nSPS) is 15.8. The number of aliphatic carboxylic acids is 1. The van der Waals surface area contributed by atoms with Crippen molar-refractivity contribution in [1.82, 2.24) is 47.0 Å². The van der Waals surface area contributed by atoms with E-state index >= 15 is 0 Å². The standard InChI is InChI=1S/C66H81N15O19/c1-38(58(86)76-49(31-40-16-7-4-8-17-40)60(88)75-47(65(93)94)18-9-10-26-69-45-25-22-42(80(95)96)34-53(45)81(97)98)72-61(89)50(37-82)77-59(87)48(30-39-14-5-3-6-15-39)74-56(84)36-71-62(90)51-20-12-28-78(51)64(92)52-21-13-29-79(52)63(91)46(19-11-27-70-66(67)68)73-55(83)32-41-33-57(85)100-54-35-43(99-2)23-24-44(41)54/h3-8,14-17,22-25,33-35,38,46-52,69,82H,9-13,18-21,26-32,36-37H2,1-2H3,(H,71,90)(H,72,89)(H,73,83)(H,74,84)(H,75,88)(H,76,86)(H,77,87)(H,93,94)(H4,67,68,70)/t38-,46-,47-,48-,49-,50-,51-,52-/m0/s1. The number of rotatable bonds is 36. The Morgan fingerprint density at radius 3 is 1.90 bits per heavy atom. The van der Waals surface area contributed by atoms with E-state index in [0.717, 1.165) is 12.1 Å². The molecule has 3 heterocycles. The number of aliphatic hydroxyl groups is 1. The summed E-state index contributed by atoms with van der Waals surface area (Å²) < 4.78 is 10.6. The van der Waals surface area contributed by atoms with Crippen LogP contribution >= 0.6 is 0 Å². The highest BCUT2D eigenvalue weighted by atomic mass is 16.6. The first-order valence-corrected chi connectivity index (χ1v) is 32.3. The third-order valence-electron chi connectivity index (χ3n) is 16.7. The Morgan fingerprint density at radius 2 is 1.28 bits per heavy atom. The number of likely N-dealkylation sites (tertiary alicyclic amines) is 2. The fourth-order valence-corrected chi connectivity index (χ4v) is 11.6. The number of unbranched alkanes of at least 4 members (excludes halogenated alkanes) is 1. The molecule has 0 spiro atoms. The predicted molar refractivity (Wildman–Crippen MR) is 359 cm³/mol. The maximum atomic E-state index is 14.5. The number of carbonyl (C=O) groups excluding carboxylic acids is 9. The monoisotopic (exact) mass is 1390 g/mol. The molecule has 8 atom stereocenters. The average Bonchev–Trinajstić information content (AvgIpc) is 0.832. The van der Waals surface area contributed by atoms with Crippen LogP contribution in [0, 0.1) is 20.2 Å². The van der Waals surface area contributed by atoms with Crippen LogP contribution in [-0.4, -0.2) is 190 Å². The molecular formula is C66H81N15O19. The van der Waals surface area contributed by atoms with Gasteiger partial charge >= 0.3 is 11.6 Å². The lowest BCUT2D eigenvalue weighted by molar-refractivity contribution is -0.393. The van der Waals surface area contributed by atoms with Crippen LogP contribution in [0.3, 0.4) is 0 Å². The number of carbonyl (C=O) groups is 10. The minimum Gasteiger partial charge on any atom is -0.497 e. The molecule has 5 aromatic rings. The number of benzene rings is 4. The third kappa shape index (κ3) is 21.7. The molecule has 1 aromatic heterocycles. The Labute approximate surface area is 572 Å². The number of fused-ring (bicyclic) bond motifs is 1. The number of nitro groups is 2. The van der Waals surface area contributed by atoms with Gasteiger partial charge in [-0.15, -0.1) is 0 Å². The van der Waals surface area contributed by atoms with Crippen molar-refractivity contribution in [2.24, 2.45) is 16.5 Å². The van der Waals surface area contributed by atoms with Gasteiger partial charge in [0.15, 0.2) is 5.96 Å². The van der Waals surface area contributed by atoms with Gasteiger partial charge in [0.1, 0.15) is 65.4 Å². The van der Waals surface area contributed by atoms with Crippen molar-refractivity contribution >= 4 is 93.1 Å². The summed E-state index contributed by atoms with van der Waals surface area (Å²) in [7, 11) is 1.44. The second kappa shape index (κ2) is 36.7. The van der Waals surface area contributed by atoms with E-state index < -0.39 is 147 Å². The van der Waals surface area contributed by atoms with Gasteiger partial charge in [-0.25, -0.2) is 9.59 Å². The van der Waals surface area contributed by atoms with E-state index in [1.165, 1.54) is 42.0 Å². The van der Waals surface area contributed by atoms with Crippen molar-refractivity contribution in [1.29, 1.82) is 0 Å². The average molecular weight is 1390 g/mol. The summed E-state index contributed by atoms with van der Waals surface area (Å²) in [4.78, 5) is 179. The lowest BCUT2D eigenvalue weighted by Gasteiger charge is -2.33. The molecule has 7 rings (SSSR count). The highest BCUT2D eigenvalue weighted by molar-refractivity contribution is 5.99. The van der Waals surface area contributed by atoms with Crippen molar-refractivity contribution < 1.29 is 77.2 Å². The van der Waals surface area contributed by atoms with Crippen LogP contribution in [0.25, 0.3) is 11.0 Å². The lowest BCUT2D eigenvalue weighted by Crippen LogP contribution is -2.59. The zero-order valence-electron chi connectivity index (χ0n) is 54.9. The number of aliphatic imine (C=N–C) groups is 1. The summed E-state index contributed by atoms with van der Waals surface area (Å²) in [5.74, 6) is -8.34. The number of guanidine groups is 1. The fraction of sp³-hybridized carbons (Fsp3) is 0.424. The summed E-state index contributed by atoms with van der Waals surface area (Å²) in [5.41, 5.74) is 10.9. The van der Waals surface area contributed by atoms with Crippen LogP contribution in [0.5, 0.6) is 5.75 Å². The minimum absolute atomic E-state index is 0.000405. The Kier molecular flexibility index (Phi) is 27.8. The molecule has 0 saturated carbocycles. The molecule has 534 valence electrons. The number of ether oxygens (including phenoxy) is 1. The largest absolute Gasteiger partial charge is 0.497 e. The predicted octanol–water partition coefficient (Wildman–Crippen LogP) is 0.0857. The van der Waals surface area contributed by atoms with E-state index in [0.29, 0.717) is 40.7 Å². The Hall–Kier alpha value is -11.6. The number of hydrogen-bond acceptors (Lipinski definition) is 20. The number of carboxylic acids is 1. The number of non-ortho nitro benzene ring substituents is 1. The summed E-state index contributed by atoms with van der Waals surface area (Å²) in [5, 5.41) is 64.1. The van der Waals surface area contributed by atoms with E-state index in [4.69, 9.17) is 20.6 Å². The van der Waals surface area contributed by atoms with Gasteiger partial charge < -0.3 is 83.2 Å². The topological polar surface area (TPSA) is 504 Å². The van der Waals surface area contributed by atoms with Crippen molar-refractivity contribution in [3.63, 3.8) is 0 Å². The van der Waals surface area contributed by atoms with Crippen LogP contribution in [0.1, 0.15) is 81.4 Å². The summed E-state index contributed by atoms with van der Waals surface area (Å²) in [6.45, 7) is 0.0260. The van der Waals surface area contributed by atoms with E-state index in [2.05, 4.69) is 47.5 Å². The highest BCUT2D eigenvalue weighted by Crippen LogP contribution is 2.30. The Morgan fingerprint density at radius 1 is 0.680 bits per heavy atom. The van der Waals surface area contributed by atoms with Gasteiger partial charge in [0.2, 0.25) is 53.2 Å². The maximum absolute atomic E-state index is 14.5. The summed E-state index contributed by atoms with van der Waals surface area (Å²) >= 11 is 0. The SMILES string of the molecule is COc1ccc2c(CC(=O)N[C@@H](CCCN=C(N)N)C(=O)N3CCC[C@H]3C(=O)N3CCC[C@H]3C(=O)NCC(=O)N[C@@H](Cc3ccccc3)C(=O)N[C@@H](CO)C(=O)N[C@@H](C)C(=O)N[C@@H](Cc3ccccc3)C(=O)N[C@@H](CCCCNc3ccc([N+](=O)[O-])cc3[N+](=O)[O-])C(=O)O)cc(=O)oc2c1. The minimum atomic E-state index is -1.73. The second-order valence-corrected chi connectivity index (χ2v) is 23.9. The van der Waals surface area contributed by atoms with Gasteiger partial charge in [0.05, 0.1) is 42.6 Å². The number of hydrogen-bond donors (Lipinski definition) is 12. The van der Waals surface area contributed by atoms with E-state index in [1.807, 2.05) is 0 Å². The van der Waals surface area contributed by atoms with Crippen LogP contribution in [0.15, 0.2) is 117 Å². The number of amides is 9. The molecule has 0 radical (unpaired) electrons. The molecule has 14 N–H and O–H groups in total. The first kappa shape index (κ1) is 75.8. The molecule has 9 amide bonds. The van der Waals surface area contributed by atoms with Crippen molar-refractivity contribution in [3.8, 4) is 5.75 Å². The molecular weight excluding hydrogens is 1310 g/mol. The molecule has 100 heavy (non-hydrogen) atoms. The Bertz CT molecular complexity index is 3890. The van der Waals surface area contributed by atoms with Gasteiger partial charge in [0, 0.05) is 62.6 Å². The second-order valence-electron chi connectivity index (χ2n) is 23.9. The molecule has 4 aromatic carbocycles. The molecule has 2 aliphatic heterocycles. The first-order valence-electron chi connectivity index (χ1n) is 32.3. The summed E-state index contributed by atoms with van der Waals surface area (Å²) in [6, 6.07) is 15.0. The zero-order valence-corrected chi connectivity index (χ0v) is 54.9. The molecule has 2 saturated heterocycles. The van der Waals surface area contributed by atoms with Crippen molar-refractivity contribution in [3.05, 3.63) is 150 Å². The van der Waals surface area contributed by atoms with Gasteiger partial charge in [-0.05, 0) is 99.6 Å². The molecule has 0 unspecified atom stereocenters. The smallest absolute Gasteiger partial charge is 0.336 e. The van der Waals surface area contributed by atoms with Gasteiger partial charge in [-0.1, -0.05) is 60.7 Å². The van der Waals surface area contributed by atoms with E-state index in [9.17, 15) is 83.2 Å². The molecule has 0 aliphatic carbocycles. The quantitative estimate of drug-likeness (QED) is 0.00631. The number of nitro benzene ring substituents is 2. The number of nitrogens with zero attached hydrogens (tertiary/aromatic N) is 5. The molecule has 2 fully saturated rings. The maximum Gasteiger partial charge on any atom is 0.336 e. The number of nitrogens with one attached hydrogen (secondary N) is 8. The molecule has 0 bridgehead atoms. The van der Waals surface area contributed by atoms with Crippen LogP contribution in [-0.2, 0) is 67.2 Å². The molecule has 2 aliphatic rings. The fourth-order valence-electron chi connectivity index (χ4n) is 11.6. The number of nitrogens with two attached hydrogens (primary N) is 2. The van der Waals surface area contributed by atoms with Gasteiger partial charge in [0.25, 0.3) is 11.4 Å². The zero-order chi connectivity index (χ0) is 72.6. The van der Waals surface area contributed by atoms with E-state index in [1.54, 1.807) is 72.8 Å². The Balaban J connectivity index is 0.937. The van der Waals surface area contributed by atoms with Gasteiger partial charge in [-0.3, -0.25) is 68.4 Å². The lowest BCUT2D eigenvalue weighted by atomic mass is 10.0. The van der Waals surface area contributed by atoms with Crippen molar-refractivity contribution in [2.45, 2.75) is 132 Å². The molecule has 34 heteroatoms. The number of aliphatic hydroxyl groups excluding tert-OH is 1. The number of methoxy groups -OCH3 is 1. The third-order valence-corrected chi connectivity index (χ3v) is 16.7. The number of carboxylic acid groups (broad SMARTS) is 1. The van der Waals surface area contributed by atoms with Crippen molar-refractivity contribution in [2.75, 3.05) is 51.8 Å². The summed E-state index contributed by atoms with van der Waals surface area (Å²) in [6.07, 6.45) is 1.20. The first-order chi connectivity index (χ1) is 47.8. The molecule has 34 nitrogen and oxygen atoms in total. The van der Waals surface area contributed by atoms with Gasteiger partial charge in [-0.2, -0.15) is 0 Å². The highest BCUT2D eigenvalue weighted by Gasteiger charge is 2.44.